The third kappa shape index (κ3) is 3.45. The van der Waals surface area contributed by atoms with E-state index in [4.69, 9.17) is 4.74 Å². The first-order valence-electron chi connectivity index (χ1n) is 9.41. The third-order valence-corrected chi connectivity index (χ3v) is 5.19. The van der Waals surface area contributed by atoms with E-state index in [1.165, 1.54) is 39.0 Å². The molecule has 0 spiro atoms. The van der Waals surface area contributed by atoms with Crippen molar-refractivity contribution in [2.75, 3.05) is 7.11 Å². The van der Waals surface area contributed by atoms with E-state index in [0.717, 1.165) is 5.75 Å². The lowest BCUT2D eigenvalue weighted by atomic mass is 9.78. The van der Waals surface area contributed by atoms with Crippen molar-refractivity contribution in [2.45, 2.75) is 59.3 Å². The number of methoxy groups -OCH3 is 1. The SMILES string of the molecule is COc1ccc(-c2cc(C(C)(C)C)cc(C(C)(C)C)c2)c2c1[CH]C(C)=C2. The maximum absolute atomic E-state index is 5.59. The Kier molecular flexibility index (Phi) is 4.55. The van der Waals surface area contributed by atoms with Gasteiger partial charge in [0, 0.05) is 12.0 Å². The van der Waals surface area contributed by atoms with Crippen LogP contribution in [0, 0.1) is 6.42 Å². The van der Waals surface area contributed by atoms with Gasteiger partial charge < -0.3 is 4.74 Å². The van der Waals surface area contributed by atoms with E-state index in [-0.39, 0.29) is 10.8 Å². The number of hydrogen-bond donors (Lipinski definition) is 0. The summed E-state index contributed by atoms with van der Waals surface area (Å²) in [4.78, 5) is 0. The van der Waals surface area contributed by atoms with Crippen molar-refractivity contribution in [1.82, 2.24) is 0 Å². The molecule has 1 nitrogen and oxygen atoms in total. The first-order chi connectivity index (χ1) is 12.0. The van der Waals surface area contributed by atoms with Crippen LogP contribution in [-0.4, -0.2) is 7.11 Å². The van der Waals surface area contributed by atoms with E-state index in [0.29, 0.717) is 0 Å². The van der Waals surface area contributed by atoms with Crippen molar-refractivity contribution >= 4 is 6.08 Å². The van der Waals surface area contributed by atoms with Crippen LogP contribution in [0.5, 0.6) is 5.75 Å². The van der Waals surface area contributed by atoms with Gasteiger partial charge in [0.1, 0.15) is 5.75 Å². The molecule has 0 atom stereocenters. The molecular formula is C25H31O. The summed E-state index contributed by atoms with van der Waals surface area (Å²) in [7, 11) is 1.74. The van der Waals surface area contributed by atoms with Gasteiger partial charge in [0.2, 0.25) is 0 Å². The van der Waals surface area contributed by atoms with Crippen LogP contribution in [0.1, 0.15) is 70.7 Å². The molecule has 0 saturated carbocycles. The topological polar surface area (TPSA) is 9.23 Å². The molecular weight excluding hydrogens is 316 g/mol. The number of benzene rings is 2. The van der Waals surface area contributed by atoms with E-state index in [9.17, 15) is 0 Å². The van der Waals surface area contributed by atoms with E-state index in [1.54, 1.807) is 7.11 Å². The van der Waals surface area contributed by atoms with E-state index < -0.39 is 0 Å². The van der Waals surface area contributed by atoms with Crippen molar-refractivity contribution in [3.05, 3.63) is 64.6 Å². The molecule has 0 aliphatic heterocycles. The zero-order valence-corrected chi connectivity index (χ0v) is 17.4. The van der Waals surface area contributed by atoms with E-state index >= 15 is 0 Å². The molecule has 0 heterocycles. The first-order valence-corrected chi connectivity index (χ1v) is 9.41. The fourth-order valence-electron chi connectivity index (χ4n) is 3.50. The first kappa shape index (κ1) is 18.8. The number of hydrogen-bond acceptors (Lipinski definition) is 1. The average Bonchev–Trinajstić information content (AvgIpc) is 2.93. The highest BCUT2D eigenvalue weighted by Gasteiger charge is 2.24. The smallest absolute Gasteiger partial charge is 0.123 e. The molecule has 137 valence electrons. The highest BCUT2D eigenvalue weighted by molar-refractivity contribution is 5.85. The molecule has 1 aliphatic carbocycles. The monoisotopic (exact) mass is 347 g/mol. The van der Waals surface area contributed by atoms with Crippen molar-refractivity contribution in [2.24, 2.45) is 0 Å². The molecule has 0 N–H and O–H groups in total. The van der Waals surface area contributed by atoms with Crippen LogP contribution in [-0.2, 0) is 10.8 Å². The minimum atomic E-state index is 0.115. The summed E-state index contributed by atoms with van der Waals surface area (Å²) in [6.45, 7) is 15.9. The van der Waals surface area contributed by atoms with Gasteiger partial charge in [-0.15, -0.1) is 0 Å². The Labute approximate surface area is 159 Å². The van der Waals surface area contributed by atoms with Crippen molar-refractivity contribution in [3.8, 4) is 16.9 Å². The molecule has 1 radical (unpaired) electrons. The van der Waals surface area contributed by atoms with Crippen LogP contribution in [0.25, 0.3) is 17.2 Å². The molecule has 2 aromatic rings. The molecule has 0 aromatic heterocycles. The standard InChI is InChI=1S/C25H31O/c1-16-11-21-20(9-10-23(26-8)22(21)12-16)17-13-18(24(2,3)4)15-19(14-17)25(5,6)7/h9-15H,1-8H3. The molecule has 0 saturated heterocycles. The van der Waals surface area contributed by atoms with Gasteiger partial charge in [0.15, 0.2) is 0 Å². The Morgan fingerprint density at radius 3 is 1.85 bits per heavy atom. The van der Waals surface area contributed by atoms with Gasteiger partial charge in [-0.1, -0.05) is 77.5 Å². The lowest BCUT2D eigenvalue weighted by Gasteiger charge is -2.26. The Morgan fingerprint density at radius 1 is 0.769 bits per heavy atom. The summed E-state index contributed by atoms with van der Waals surface area (Å²) >= 11 is 0. The summed E-state index contributed by atoms with van der Waals surface area (Å²) in [5, 5.41) is 0. The lowest BCUT2D eigenvalue weighted by molar-refractivity contribution is 0.412. The summed E-state index contributed by atoms with van der Waals surface area (Å²) in [6, 6.07) is 11.4. The van der Waals surface area contributed by atoms with Gasteiger partial charge in [-0.3, -0.25) is 0 Å². The minimum absolute atomic E-state index is 0.115. The highest BCUT2D eigenvalue weighted by atomic mass is 16.5. The van der Waals surface area contributed by atoms with Gasteiger partial charge in [-0.05, 0) is 51.6 Å². The molecule has 26 heavy (non-hydrogen) atoms. The van der Waals surface area contributed by atoms with Crippen molar-refractivity contribution in [3.63, 3.8) is 0 Å². The third-order valence-electron chi connectivity index (χ3n) is 5.19. The van der Waals surface area contributed by atoms with Crippen LogP contribution < -0.4 is 4.74 Å². The predicted octanol–water partition coefficient (Wildman–Crippen LogP) is 6.93. The molecule has 0 unspecified atom stereocenters. The summed E-state index contributed by atoms with van der Waals surface area (Å²) in [5.74, 6) is 0.944. The van der Waals surface area contributed by atoms with Crippen LogP contribution in [0.15, 0.2) is 35.9 Å². The summed E-state index contributed by atoms with van der Waals surface area (Å²) < 4.78 is 5.59. The second kappa shape index (κ2) is 6.30. The zero-order chi connectivity index (χ0) is 19.3. The minimum Gasteiger partial charge on any atom is -0.496 e. The fourth-order valence-corrected chi connectivity index (χ4v) is 3.50. The zero-order valence-electron chi connectivity index (χ0n) is 17.4. The van der Waals surface area contributed by atoms with Gasteiger partial charge >= 0.3 is 0 Å². The summed E-state index contributed by atoms with van der Waals surface area (Å²) in [5.41, 5.74) is 9.31. The fraction of sp³-hybridized carbons (Fsp3) is 0.400. The van der Waals surface area contributed by atoms with Gasteiger partial charge in [-0.25, -0.2) is 0 Å². The second-order valence-electron chi connectivity index (χ2n) is 9.47. The predicted molar refractivity (Wildman–Crippen MR) is 113 cm³/mol. The lowest BCUT2D eigenvalue weighted by Crippen LogP contribution is -2.16. The van der Waals surface area contributed by atoms with Gasteiger partial charge in [0.05, 0.1) is 7.11 Å². The van der Waals surface area contributed by atoms with Crippen molar-refractivity contribution in [1.29, 1.82) is 0 Å². The average molecular weight is 348 g/mol. The number of ether oxygens (including phenoxy) is 1. The van der Waals surface area contributed by atoms with Gasteiger partial charge in [-0.2, -0.15) is 0 Å². The van der Waals surface area contributed by atoms with E-state index in [1.807, 2.05) is 0 Å². The normalized spacial score (nSPS) is 14.2. The Balaban J connectivity index is 2.27. The quantitative estimate of drug-likeness (QED) is 0.572. The van der Waals surface area contributed by atoms with Gasteiger partial charge in [0.25, 0.3) is 0 Å². The Bertz CT molecular complexity index is 838. The molecule has 0 amide bonds. The van der Waals surface area contributed by atoms with Crippen LogP contribution in [0.2, 0.25) is 0 Å². The molecule has 3 rings (SSSR count). The van der Waals surface area contributed by atoms with E-state index in [2.05, 4.69) is 91.3 Å². The maximum atomic E-state index is 5.59. The van der Waals surface area contributed by atoms with Crippen LogP contribution >= 0.6 is 0 Å². The molecule has 0 fully saturated rings. The molecule has 1 aliphatic rings. The molecule has 0 bridgehead atoms. The van der Waals surface area contributed by atoms with Crippen LogP contribution in [0.4, 0.5) is 0 Å². The highest BCUT2D eigenvalue weighted by Crippen LogP contribution is 2.42. The Morgan fingerprint density at radius 2 is 1.35 bits per heavy atom. The molecule has 2 aromatic carbocycles. The summed E-state index contributed by atoms with van der Waals surface area (Å²) in [6.07, 6.45) is 4.49. The maximum Gasteiger partial charge on any atom is 0.123 e. The van der Waals surface area contributed by atoms with Crippen molar-refractivity contribution < 1.29 is 4.74 Å². The van der Waals surface area contributed by atoms with Crippen LogP contribution in [0.3, 0.4) is 0 Å². The Hall–Kier alpha value is -2.02. The number of rotatable bonds is 2. The molecule has 1 heteroatoms. The number of fused-ring (bicyclic) bond motifs is 1. The largest absolute Gasteiger partial charge is 0.496 e. The number of allylic oxidation sites excluding steroid dienone is 1. The second-order valence-corrected chi connectivity index (χ2v) is 9.47.